The minimum Gasteiger partial charge on any atom is -0.481 e. The third-order valence-corrected chi connectivity index (χ3v) is 5.56. The lowest BCUT2D eigenvalue weighted by Gasteiger charge is -2.32. The van der Waals surface area contributed by atoms with Crippen LogP contribution in [0.5, 0.6) is 0 Å². The highest BCUT2D eigenvalue weighted by Crippen LogP contribution is 2.29. The summed E-state index contributed by atoms with van der Waals surface area (Å²) in [6.45, 7) is 3.92. The standard InChI is InChI=1S/C24H22N2O3S/c1-24(2)15-20(27)14-21(29-24)23(28)26(16-22-25-12-13-30-22)19-10-8-18(9-11-19)17-6-4-3-5-7-17/h3-14H,15-16H2,1-2H3. The molecule has 0 fully saturated rings. The van der Waals surface area contributed by atoms with Crippen molar-refractivity contribution in [3.63, 3.8) is 0 Å². The lowest BCUT2D eigenvalue weighted by molar-refractivity contribution is -0.129. The number of carbonyl (C=O) groups is 2. The third-order valence-electron chi connectivity index (χ3n) is 4.80. The van der Waals surface area contributed by atoms with Crippen molar-refractivity contribution in [2.24, 2.45) is 0 Å². The SMILES string of the molecule is CC1(C)CC(=O)C=C(C(=O)N(Cc2nccs2)c2ccc(-c3ccccc3)cc2)O1. The Balaban J connectivity index is 1.66. The van der Waals surface area contributed by atoms with Crippen LogP contribution in [-0.4, -0.2) is 22.3 Å². The first-order chi connectivity index (χ1) is 14.4. The van der Waals surface area contributed by atoms with Gasteiger partial charge in [-0.1, -0.05) is 42.5 Å². The van der Waals surface area contributed by atoms with Gasteiger partial charge in [0, 0.05) is 29.8 Å². The van der Waals surface area contributed by atoms with E-state index in [0.29, 0.717) is 6.54 Å². The fourth-order valence-corrected chi connectivity index (χ4v) is 4.03. The van der Waals surface area contributed by atoms with Crippen LogP contribution in [0, 0.1) is 0 Å². The van der Waals surface area contributed by atoms with Gasteiger partial charge in [0.1, 0.15) is 10.6 Å². The molecule has 6 heteroatoms. The number of carbonyl (C=O) groups excluding carboxylic acids is 2. The second-order valence-electron chi connectivity index (χ2n) is 7.74. The molecule has 0 bridgehead atoms. The van der Waals surface area contributed by atoms with Crippen LogP contribution in [0.15, 0.2) is 78.0 Å². The van der Waals surface area contributed by atoms with E-state index in [-0.39, 0.29) is 23.9 Å². The van der Waals surface area contributed by atoms with E-state index >= 15 is 0 Å². The smallest absolute Gasteiger partial charge is 0.293 e. The number of rotatable bonds is 5. The number of allylic oxidation sites excluding steroid dienone is 1. The molecule has 2 aromatic carbocycles. The normalized spacial score (nSPS) is 15.3. The van der Waals surface area contributed by atoms with Gasteiger partial charge >= 0.3 is 0 Å². The minimum atomic E-state index is -0.707. The summed E-state index contributed by atoms with van der Waals surface area (Å²) in [7, 11) is 0. The van der Waals surface area contributed by atoms with Crippen molar-refractivity contribution >= 4 is 28.7 Å². The molecule has 4 rings (SSSR count). The first-order valence-corrected chi connectivity index (χ1v) is 10.6. The molecular weight excluding hydrogens is 396 g/mol. The van der Waals surface area contributed by atoms with Crippen LogP contribution in [-0.2, 0) is 20.9 Å². The largest absolute Gasteiger partial charge is 0.481 e. The van der Waals surface area contributed by atoms with E-state index in [4.69, 9.17) is 4.74 Å². The van der Waals surface area contributed by atoms with Crippen molar-refractivity contribution < 1.29 is 14.3 Å². The van der Waals surface area contributed by atoms with E-state index in [0.717, 1.165) is 21.8 Å². The molecule has 0 spiro atoms. The number of anilines is 1. The van der Waals surface area contributed by atoms with Crippen molar-refractivity contribution in [3.05, 3.63) is 83.0 Å². The van der Waals surface area contributed by atoms with Crippen molar-refractivity contribution in [1.82, 2.24) is 4.98 Å². The van der Waals surface area contributed by atoms with Gasteiger partial charge in [0.05, 0.1) is 6.54 Å². The molecule has 3 aromatic rings. The van der Waals surface area contributed by atoms with Gasteiger partial charge in [-0.2, -0.15) is 0 Å². The Bertz CT molecular complexity index is 1070. The summed E-state index contributed by atoms with van der Waals surface area (Å²) in [6.07, 6.45) is 3.27. The van der Waals surface area contributed by atoms with E-state index in [9.17, 15) is 9.59 Å². The third kappa shape index (κ3) is 4.49. The van der Waals surface area contributed by atoms with E-state index in [2.05, 4.69) is 4.98 Å². The average Bonchev–Trinajstić information content (AvgIpc) is 3.24. The molecule has 0 aliphatic carbocycles. The summed E-state index contributed by atoms with van der Waals surface area (Å²) in [5.74, 6) is -0.387. The first kappa shape index (κ1) is 20.0. The molecule has 0 unspecified atom stereocenters. The second-order valence-corrected chi connectivity index (χ2v) is 8.72. The Morgan fingerprint density at radius 3 is 2.43 bits per heavy atom. The lowest BCUT2D eigenvalue weighted by atomic mass is 9.98. The van der Waals surface area contributed by atoms with Gasteiger partial charge in [-0.05, 0) is 37.1 Å². The number of hydrogen-bond donors (Lipinski definition) is 0. The fourth-order valence-electron chi connectivity index (χ4n) is 3.43. The van der Waals surface area contributed by atoms with Gasteiger partial charge in [-0.3, -0.25) is 14.5 Å². The van der Waals surface area contributed by atoms with Crippen molar-refractivity contribution in [2.75, 3.05) is 4.90 Å². The number of benzene rings is 2. The van der Waals surface area contributed by atoms with Gasteiger partial charge in [-0.25, -0.2) is 4.98 Å². The van der Waals surface area contributed by atoms with E-state index < -0.39 is 5.60 Å². The zero-order chi connectivity index (χ0) is 21.1. The van der Waals surface area contributed by atoms with Crippen molar-refractivity contribution in [2.45, 2.75) is 32.4 Å². The maximum absolute atomic E-state index is 13.4. The molecule has 0 saturated carbocycles. The number of amides is 1. The summed E-state index contributed by atoms with van der Waals surface area (Å²) >= 11 is 1.48. The highest BCUT2D eigenvalue weighted by molar-refractivity contribution is 7.09. The highest BCUT2D eigenvalue weighted by atomic mass is 32.1. The molecule has 0 atom stereocenters. The Hall–Kier alpha value is -3.25. The van der Waals surface area contributed by atoms with Crippen LogP contribution in [0.25, 0.3) is 11.1 Å². The maximum atomic E-state index is 13.4. The summed E-state index contributed by atoms with van der Waals surface area (Å²) in [5.41, 5.74) is 2.18. The summed E-state index contributed by atoms with van der Waals surface area (Å²) < 4.78 is 5.85. The van der Waals surface area contributed by atoms with Gasteiger partial charge in [0.25, 0.3) is 5.91 Å². The van der Waals surface area contributed by atoms with Crippen LogP contribution in [0.3, 0.4) is 0 Å². The zero-order valence-corrected chi connectivity index (χ0v) is 17.7. The molecule has 30 heavy (non-hydrogen) atoms. The summed E-state index contributed by atoms with van der Waals surface area (Å²) in [6, 6.07) is 17.8. The van der Waals surface area contributed by atoms with E-state index in [1.165, 1.54) is 17.4 Å². The van der Waals surface area contributed by atoms with Crippen LogP contribution in [0.2, 0.25) is 0 Å². The predicted octanol–water partition coefficient (Wildman–Crippen LogP) is 5.00. The number of ether oxygens (including phenoxy) is 1. The molecule has 0 saturated heterocycles. The molecule has 1 amide bonds. The van der Waals surface area contributed by atoms with Gasteiger partial charge in [-0.15, -0.1) is 11.3 Å². The highest BCUT2D eigenvalue weighted by Gasteiger charge is 2.34. The number of ketones is 1. The predicted molar refractivity (Wildman–Crippen MR) is 118 cm³/mol. The number of thiazole rings is 1. The van der Waals surface area contributed by atoms with Crippen LogP contribution in [0.4, 0.5) is 5.69 Å². The molecule has 0 N–H and O–H groups in total. The molecule has 2 heterocycles. The topological polar surface area (TPSA) is 59.5 Å². The number of hydrogen-bond acceptors (Lipinski definition) is 5. The summed E-state index contributed by atoms with van der Waals surface area (Å²) in [4.78, 5) is 31.4. The Labute approximate surface area is 179 Å². The molecule has 1 aromatic heterocycles. The second kappa shape index (κ2) is 8.24. The number of nitrogens with zero attached hydrogens (tertiary/aromatic N) is 2. The van der Waals surface area contributed by atoms with Crippen LogP contribution >= 0.6 is 11.3 Å². The van der Waals surface area contributed by atoms with Crippen molar-refractivity contribution in [1.29, 1.82) is 0 Å². The average molecular weight is 419 g/mol. The Morgan fingerprint density at radius 2 is 1.80 bits per heavy atom. The minimum absolute atomic E-state index is 0.0694. The van der Waals surface area contributed by atoms with Crippen LogP contribution < -0.4 is 4.90 Å². The molecular formula is C24H22N2O3S. The number of aromatic nitrogens is 1. The Kier molecular flexibility index (Phi) is 5.50. The quantitative estimate of drug-likeness (QED) is 0.585. The molecule has 1 aliphatic rings. The lowest BCUT2D eigenvalue weighted by Crippen LogP contribution is -2.39. The Morgan fingerprint density at radius 1 is 1.10 bits per heavy atom. The van der Waals surface area contributed by atoms with Crippen LogP contribution in [0.1, 0.15) is 25.3 Å². The molecule has 152 valence electrons. The van der Waals surface area contributed by atoms with Gasteiger partial charge in [0.2, 0.25) is 0 Å². The maximum Gasteiger partial charge on any atom is 0.293 e. The fraction of sp³-hybridized carbons (Fsp3) is 0.208. The molecule has 1 aliphatic heterocycles. The zero-order valence-electron chi connectivity index (χ0n) is 16.9. The van der Waals surface area contributed by atoms with E-state index in [1.54, 1.807) is 11.1 Å². The molecule has 0 radical (unpaired) electrons. The van der Waals surface area contributed by atoms with Gasteiger partial charge in [0.15, 0.2) is 11.5 Å². The first-order valence-electron chi connectivity index (χ1n) is 9.70. The van der Waals surface area contributed by atoms with Crippen molar-refractivity contribution in [3.8, 4) is 11.1 Å². The van der Waals surface area contributed by atoms with Gasteiger partial charge < -0.3 is 4.74 Å². The monoisotopic (exact) mass is 418 g/mol. The van der Waals surface area contributed by atoms with E-state index in [1.807, 2.05) is 73.8 Å². The molecule has 5 nitrogen and oxygen atoms in total. The summed E-state index contributed by atoms with van der Waals surface area (Å²) in [5, 5.41) is 2.68.